The maximum Gasteiger partial charge on any atom is 0.224 e. The van der Waals surface area contributed by atoms with Gasteiger partial charge in [0.25, 0.3) is 0 Å². The lowest BCUT2D eigenvalue weighted by atomic mass is 10.1. The lowest BCUT2D eigenvalue weighted by Gasteiger charge is -2.15. The Hall–Kier alpha value is -2.95. The molecule has 1 saturated carbocycles. The average molecular weight is 332 g/mol. The number of pyridine rings is 1. The predicted octanol–water partition coefficient (Wildman–Crippen LogP) is 3.25. The van der Waals surface area contributed by atoms with Crippen LogP contribution < -0.4 is 5.32 Å². The molecule has 1 aliphatic rings. The van der Waals surface area contributed by atoms with Gasteiger partial charge < -0.3 is 5.32 Å². The number of carbonyl (C=O) groups is 1. The average Bonchev–Trinajstić information content (AvgIpc) is 3.27. The Morgan fingerprint density at radius 1 is 1.24 bits per heavy atom. The van der Waals surface area contributed by atoms with Gasteiger partial charge >= 0.3 is 0 Å². The van der Waals surface area contributed by atoms with Gasteiger partial charge in [-0.1, -0.05) is 18.2 Å². The Kier molecular flexibility index (Phi) is 4.06. The summed E-state index contributed by atoms with van der Waals surface area (Å²) in [6.07, 6.45) is 8.18. The first-order valence-corrected chi connectivity index (χ1v) is 8.52. The minimum Gasteiger partial charge on any atom is -0.349 e. The standard InChI is InChI=1S/C20H20N4O/c1-14(15-5-2-7-17(11-15)24-10-4-9-22-24)23-20(25)19-12-18(19)16-6-3-8-21-13-16/h2-11,13-14,18-19H,12H2,1H3,(H,23,25)/t14-,18-,19+/m0/s1. The monoisotopic (exact) mass is 332 g/mol. The summed E-state index contributed by atoms with van der Waals surface area (Å²) in [5.41, 5.74) is 3.21. The van der Waals surface area contributed by atoms with Gasteiger partial charge in [0.2, 0.25) is 5.91 Å². The van der Waals surface area contributed by atoms with E-state index in [1.54, 1.807) is 12.4 Å². The molecular weight excluding hydrogens is 312 g/mol. The minimum absolute atomic E-state index is 0.0434. The molecule has 25 heavy (non-hydrogen) atoms. The lowest BCUT2D eigenvalue weighted by Crippen LogP contribution is -2.28. The quantitative estimate of drug-likeness (QED) is 0.780. The summed E-state index contributed by atoms with van der Waals surface area (Å²) in [6.45, 7) is 2.02. The second-order valence-electron chi connectivity index (χ2n) is 6.51. The molecule has 0 spiro atoms. The molecule has 2 aromatic heterocycles. The Morgan fingerprint density at radius 3 is 2.92 bits per heavy atom. The van der Waals surface area contributed by atoms with E-state index in [4.69, 9.17) is 0 Å². The molecule has 3 atom stereocenters. The molecule has 3 aromatic rings. The Labute approximate surface area is 146 Å². The molecule has 0 saturated heterocycles. The van der Waals surface area contributed by atoms with Crippen molar-refractivity contribution in [2.75, 3.05) is 0 Å². The van der Waals surface area contributed by atoms with Crippen molar-refractivity contribution in [3.8, 4) is 5.69 Å². The molecule has 5 heteroatoms. The van der Waals surface area contributed by atoms with Crippen LogP contribution in [0.1, 0.15) is 36.4 Å². The molecule has 1 fully saturated rings. The fourth-order valence-corrected chi connectivity index (χ4v) is 3.21. The highest BCUT2D eigenvalue weighted by atomic mass is 16.2. The minimum atomic E-state index is -0.0434. The highest BCUT2D eigenvalue weighted by Gasteiger charge is 2.44. The van der Waals surface area contributed by atoms with Crippen molar-refractivity contribution in [2.45, 2.75) is 25.3 Å². The van der Waals surface area contributed by atoms with E-state index in [0.717, 1.165) is 23.2 Å². The van der Waals surface area contributed by atoms with Crippen LogP contribution in [0.15, 0.2) is 67.3 Å². The van der Waals surface area contributed by atoms with Crippen molar-refractivity contribution < 1.29 is 4.79 Å². The summed E-state index contributed by atoms with van der Waals surface area (Å²) >= 11 is 0. The van der Waals surface area contributed by atoms with Gasteiger partial charge in [0.05, 0.1) is 11.7 Å². The molecule has 5 nitrogen and oxygen atoms in total. The van der Waals surface area contributed by atoms with Crippen LogP contribution in [0.5, 0.6) is 0 Å². The third-order valence-corrected chi connectivity index (χ3v) is 4.74. The van der Waals surface area contributed by atoms with E-state index in [1.165, 1.54) is 0 Å². The molecular formula is C20H20N4O. The number of benzene rings is 1. The molecule has 1 aliphatic carbocycles. The highest BCUT2D eigenvalue weighted by molar-refractivity contribution is 5.83. The Balaban J connectivity index is 1.42. The number of carbonyl (C=O) groups excluding carboxylic acids is 1. The molecule has 0 aliphatic heterocycles. The zero-order valence-electron chi connectivity index (χ0n) is 14.0. The van der Waals surface area contributed by atoms with Gasteiger partial charge in [-0.2, -0.15) is 5.10 Å². The SMILES string of the molecule is C[C@H](NC(=O)[C@@H]1C[C@H]1c1cccnc1)c1cccc(-n2cccn2)c1. The summed E-state index contributed by atoms with van der Waals surface area (Å²) in [5.74, 6) is 0.475. The lowest BCUT2D eigenvalue weighted by molar-refractivity contribution is -0.123. The number of amides is 1. The summed E-state index contributed by atoms with van der Waals surface area (Å²) in [6, 6.07) is 13.9. The molecule has 0 bridgehead atoms. The fraction of sp³-hybridized carbons (Fsp3) is 0.250. The first-order valence-electron chi connectivity index (χ1n) is 8.52. The van der Waals surface area contributed by atoms with Crippen LogP contribution in [0.2, 0.25) is 0 Å². The maximum absolute atomic E-state index is 12.5. The van der Waals surface area contributed by atoms with Crippen molar-refractivity contribution in [3.05, 3.63) is 78.4 Å². The maximum atomic E-state index is 12.5. The van der Waals surface area contributed by atoms with Gasteiger partial charge in [-0.3, -0.25) is 9.78 Å². The van der Waals surface area contributed by atoms with Gasteiger partial charge in [0.15, 0.2) is 0 Å². The van der Waals surface area contributed by atoms with Crippen molar-refractivity contribution in [1.82, 2.24) is 20.1 Å². The molecule has 0 unspecified atom stereocenters. The first-order chi connectivity index (χ1) is 12.2. The number of hydrogen-bond donors (Lipinski definition) is 1. The van der Waals surface area contributed by atoms with Crippen LogP contribution in [0.3, 0.4) is 0 Å². The number of nitrogens with one attached hydrogen (secondary N) is 1. The molecule has 1 amide bonds. The molecule has 1 N–H and O–H groups in total. The van der Waals surface area contributed by atoms with Gasteiger partial charge in [-0.15, -0.1) is 0 Å². The zero-order valence-corrected chi connectivity index (χ0v) is 14.0. The third kappa shape index (κ3) is 3.31. The summed E-state index contributed by atoms with van der Waals surface area (Å²) < 4.78 is 1.82. The topological polar surface area (TPSA) is 59.8 Å². The molecule has 0 radical (unpaired) electrons. The van der Waals surface area contributed by atoms with Crippen molar-refractivity contribution >= 4 is 5.91 Å². The van der Waals surface area contributed by atoms with Gasteiger partial charge in [-0.25, -0.2) is 4.68 Å². The second kappa shape index (κ2) is 6.51. The highest BCUT2D eigenvalue weighted by Crippen LogP contribution is 2.47. The molecule has 1 aromatic carbocycles. The predicted molar refractivity (Wildman–Crippen MR) is 95.2 cm³/mol. The van der Waals surface area contributed by atoms with E-state index < -0.39 is 0 Å². The van der Waals surface area contributed by atoms with Gasteiger partial charge in [0.1, 0.15) is 0 Å². The van der Waals surface area contributed by atoms with E-state index in [1.807, 2.05) is 60.4 Å². The molecule has 4 rings (SSSR count). The van der Waals surface area contributed by atoms with Crippen LogP contribution in [0.25, 0.3) is 5.69 Å². The van der Waals surface area contributed by atoms with E-state index in [9.17, 15) is 4.79 Å². The van der Waals surface area contributed by atoms with Crippen LogP contribution in [0.4, 0.5) is 0 Å². The summed E-state index contributed by atoms with van der Waals surface area (Å²) in [7, 11) is 0. The van der Waals surface area contributed by atoms with Crippen molar-refractivity contribution in [1.29, 1.82) is 0 Å². The summed E-state index contributed by atoms with van der Waals surface area (Å²) in [4.78, 5) is 16.7. The number of nitrogens with zero attached hydrogens (tertiary/aromatic N) is 3. The largest absolute Gasteiger partial charge is 0.349 e. The van der Waals surface area contributed by atoms with Crippen molar-refractivity contribution in [3.63, 3.8) is 0 Å². The summed E-state index contributed by atoms with van der Waals surface area (Å²) in [5, 5.41) is 7.39. The van der Waals surface area contributed by atoms with E-state index in [2.05, 4.69) is 21.5 Å². The van der Waals surface area contributed by atoms with E-state index >= 15 is 0 Å². The van der Waals surface area contributed by atoms with Crippen LogP contribution in [-0.2, 0) is 4.79 Å². The van der Waals surface area contributed by atoms with Gasteiger partial charge in [-0.05, 0) is 54.7 Å². The Morgan fingerprint density at radius 2 is 2.16 bits per heavy atom. The van der Waals surface area contributed by atoms with E-state index in [-0.39, 0.29) is 17.9 Å². The molecule has 2 heterocycles. The van der Waals surface area contributed by atoms with Gasteiger partial charge in [0, 0.05) is 30.7 Å². The molecule has 126 valence electrons. The number of aromatic nitrogens is 3. The van der Waals surface area contributed by atoms with Crippen molar-refractivity contribution in [2.24, 2.45) is 5.92 Å². The second-order valence-corrected chi connectivity index (χ2v) is 6.51. The van der Waals surface area contributed by atoms with Crippen LogP contribution in [-0.4, -0.2) is 20.7 Å². The first kappa shape index (κ1) is 15.6. The number of hydrogen-bond acceptors (Lipinski definition) is 3. The normalized spacial score (nSPS) is 20.0. The third-order valence-electron chi connectivity index (χ3n) is 4.74. The smallest absolute Gasteiger partial charge is 0.224 e. The van der Waals surface area contributed by atoms with E-state index in [0.29, 0.717) is 5.92 Å². The fourth-order valence-electron chi connectivity index (χ4n) is 3.21. The number of rotatable bonds is 5. The zero-order chi connectivity index (χ0) is 17.2. The Bertz CT molecular complexity index is 860. The van der Waals surface area contributed by atoms with Crippen LogP contribution in [0, 0.1) is 5.92 Å². The van der Waals surface area contributed by atoms with Crippen LogP contribution >= 0.6 is 0 Å².